The Kier molecular flexibility index (Phi) is 9.12. The predicted octanol–water partition coefficient (Wildman–Crippen LogP) is 7.26. The van der Waals surface area contributed by atoms with Gasteiger partial charge in [0.1, 0.15) is 5.60 Å². The number of pyridine rings is 1. The van der Waals surface area contributed by atoms with Gasteiger partial charge >= 0.3 is 12.3 Å². The molecule has 0 radical (unpaired) electrons. The van der Waals surface area contributed by atoms with Gasteiger partial charge in [0.05, 0.1) is 11.1 Å². The zero-order chi connectivity index (χ0) is 28.1. The first-order valence-electron chi connectivity index (χ1n) is 12.9. The number of alkyl halides is 3. The van der Waals surface area contributed by atoms with Crippen molar-refractivity contribution in [2.45, 2.75) is 59.9 Å². The van der Waals surface area contributed by atoms with E-state index in [-0.39, 0.29) is 18.2 Å². The largest absolute Gasteiger partial charge is 0.444 e. The molecule has 0 saturated carbocycles. The fraction of sp³-hybridized carbons (Fsp3) is 0.448. The van der Waals surface area contributed by atoms with Crippen LogP contribution in [0.4, 0.5) is 29.3 Å². The highest BCUT2D eigenvalue weighted by Crippen LogP contribution is 2.33. The Balaban J connectivity index is 0.00000195. The zero-order valence-electron chi connectivity index (χ0n) is 22.9. The third kappa shape index (κ3) is 7.08. The Morgan fingerprint density at radius 2 is 1.71 bits per heavy atom. The maximum absolute atomic E-state index is 13.3. The van der Waals surface area contributed by atoms with Crippen molar-refractivity contribution in [3.63, 3.8) is 0 Å². The van der Waals surface area contributed by atoms with Gasteiger partial charge in [0.2, 0.25) is 0 Å². The molecule has 9 heteroatoms. The summed E-state index contributed by atoms with van der Waals surface area (Å²) >= 11 is 0. The molecule has 1 aliphatic heterocycles. The van der Waals surface area contributed by atoms with Gasteiger partial charge in [0.15, 0.2) is 0 Å². The fourth-order valence-corrected chi connectivity index (χ4v) is 4.33. The Bertz CT molecular complexity index is 1250. The molecular weight excluding hydrogens is 493 g/mol. The zero-order valence-corrected chi connectivity index (χ0v) is 22.9. The third-order valence-corrected chi connectivity index (χ3v) is 6.24. The molecule has 6 nitrogen and oxygen atoms in total. The number of nitrogens with zero attached hydrogens (tertiary/aromatic N) is 3. The Hall–Kier alpha value is -3.49. The number of carbonyl (C=O) groups excluding carboxylic acids is 1. The molecule has 1 aliphatic rings. The summed E-state index contributed by atoms with van der Waals surface area (Å²) in [5, 5.41) is 4.19. The van der Waals surface area contributed by atoms with Gasteiger partial charge in [0, 0.05) is 55.7 Å². The summed E-state index contributed by atoms with van der Waals surface area (Å²) in [5.74, 6) is 0. The number of ether oxygens (including phenoxy) is 1. The van der Waals surface area contributed by atoms with Crippen molar-refractivity contribution in [3.8, 4) is 0 Å². The lowest BCUT2D eigenvalue weighted by Crippen LogP contribution is -2.50. The van der Waals surface area contributed by atoms with Crippen LogP contribution in [-0.4, -0.2) is 47.8 Å². The van der Waals surface area contributed by atoms with E-state index >= 15 is 0 Å². The summed E-state index contributed by atoms with van der Waals surface area (Å²) < 4.78 is 45.4. The molecule has 206 valence electrons. The molecule has 1 fully saturated rings. The summed E-state index contributed by atoms with van der Waals surface area (Å²) in [6, 6.07) is 12.0. The van der Waals surface area contributed by atoms with Gasteiger partial charge in [-0.1, -0.05) is 26.0 Å². The molecular formula is C29H37F3N4O2. The van der Waals surface area contributed by atoms with Gasteiger partial charge < -0.3 is 19.9 Å². The third-order valence-electron chi connectivity index (χ3n) is 6.24. The molecule has 38 heavy (non-hydrogen) atoms. The Morgan fingerprint density at radius 3 is 2.34 bits per heavy atom. The number of carbonyl (C=O) groups is 1. The lowest BCUT2D eigenvalue weighted by Gasteiger charge is -2.36. The van der Waals surface area contributed by atoms with Crippen molar-refractivity contribution in [1.82, 2.24) is 9.88 Å². The first-order valence-corrected chi connectivity index (χ1v) is 12.9. The van der Waals surface area contributed by atoms with Gasteiger partial charge in [-0.15, -0.1) is 0 Å². The molecule has 1 N–H and O–H groups in total. The minimum Gasteiger partial charge on any atom is -0.444 e. The molecule has 0 unspecified atom stereocenters. The van der Waals surface area contributed by atoms with Crippen molar-refractivity contribution < 1.29 is 22.7 Å². The minimum atomic E-state index is -4.38. The number of hydrogen-bond acceptors (Lipinski definition) is 5. The number of aromatic nitrogens is 1. The second-order valence-electron chi connectivity index (χ2n) is 9.96. The normalized spacial score (nSPS) is 14.1. The fourth-order valence-electron chi connectivity index (χ4n) is 4.33. The summed E-state index contributed by atoms with van der Waals surface area (Å²) in [5.41, 5.74) is 2.24. The second kappa shape index (κ2) is 11.9. The summed E-state index contributed by atoms with van der Waals surface area (Å²) in [6.07, 6.45) is -3.00. The van der Waals surface area contributed by atoms with E-state index in [1.165, 1.54) is 13.0 Å². The van der Waals surface area contributed by atoms with Crippen LogP contribution >= 0.6 is 0 Å². The van der Waals surface area contributed by atoms with Crippen LogP contribution in [-0.2, 0) is 17.5 Å². The molecule has 0 aliphatic carbocycles. The topological polar surface area (TPSA) is 57.7 Å². The monoisotopic (exact) mass is 530 g/mol. The Labute approximate surface area is 222 Å². The van der Waals surface area contributed by atoms with Crippen molar-refractivity contribution in [2.75, 3.05) is 36.4 Å². The number of amides is 1. The summed E-state index contributed by atoms with van der Waals surface area (Å²) in [4.78, 5) is 20.7. The van der Waals surface area contributed by atoms with Crippen LogP contribution in [0.1, 0.15) is 51.3 Å². The van der Waals surface area contributed by atoms with Crippen LogP contribution in [0.25, 0.3) is 10.9 Å². The smallest absolute Gasteiger partial charge is 0.416 e. The maximum atomic E-state index is 13.3. The van der Waals surface area contributed by atoms with Crippen molar-refractivity contribution in [1.29, 1.82) is 0 Å². The first-order chi connectivity index (χ1) is 17.9. The van der Waals surface area contributed by atoms with E-state index in [0.717, 1.165) is 28.3 Å². The second-order valence-corrected chi connectivity index (χ2v) is 9.96. The summed E-state index contributed by atoms with van der Waals surface area (Å²) in [7, 11) is 0. The Morgan fingerprint density at radius 1 is 1.03 bits per heavy atom. The van der Waals surface area contributed by atoms with Gasteiger partial charge in [-0.3, -0.25) is 4.98 Å². The van der Waals surface area contributed by atoms with Crippen molar-refractivity contribution >= 4 is 28.4 Å². The number of rotatable bonds is 4. The lowest BCUT2D eigenvalue weighted by atomic mass is 10.0. The molecule has 0 atom stereocenters. The first kappa shape index (κ1) is 29.1. The molecule has 2 heterocycles. The molecule has 2 aromatic carbocycles. The SMILES string of the molecule is CC.Cc1c(CNc2ccnc3ccc(N4CCN(C(=O)OC(C)(C)C)CC4)cc23)cccc1C(F)(F)F. The molecule has 3 aromatic rings. The predicted molar refractivity (Wildman–Crippen MR) is 147 cm³/mol. The highest BCUT2D eigenvalue weighted by Gasteiger charge is 2.32. The average Bonchev–Trinajstić information content (AvgIpc) is 2.87. The number of benzene rings is 2. The molecule has 1 aromatic heterocycles. The van der Waals surface area contributed by atoms with Gasteiger partial charge in [-0.05, 0) is 69.2 Å². The van der Waals surface area contributed by atoms with E-state index in [4.69, 9.17) is 4.74 Å². The summed E-state index contributed by atoms with van der Waals surface area (Å²) in [6.45, 7) is 13.8. The maximum Gasteiger partial charge on any atom is 0.416 e. The average molecular weight is 531 g/mol. The molecule has 1 amide bonds. The number of anilines is 2. The number of hydrogen-bond donors (Lipinski definition) is 1. The lowest BCUT2D eigenvalue weighted by molar-refractivity contribution is -0.138. The molecule has 0 spiro atoms. The number of fused-ring (bicyclic) bond motifs is 1. The van der Waals surface area contributed by atoms with E-state index in [1.807, 2.05) is 58.9 Å². The van der Waals surface area contributed by atoms with Crippen LogP contribution in [0.15, 0.2) is 48.7 Å². The molecule has 4 rings (SSSR count). The van der Waals surface area contributed by atoms with Crippen LogP contribution in [0, 0.1) is 6.92 Å². The highest BCUT2D eigenvalue weighted by atomic mass is 19.4. The molecule has 1 saturated heterocycles. The van der Waals surface area contributed by atoms with Crippen LogP contribution in [0.3, 0.4) is 0 Å². The number of piperazine rings is 1. The van der Waals surface area contributed by atoms with Crippen LogP contribution in [0.2, 0.25) is 0 Å². The van der Waals surface area contributed by atoms with E-state index in [2.05, 4.69) is 15.2 Å². The van der Waals surface area contributed by atoms with E-state index in [1.54, 1.807) is 17.2 Å². The number of halogens is 3. The number of nitrogens with one attached hydrogen (secondary N) is 1. The molecule has 0 bridgehead atoms. The van der Waals surface area contributed by atoms with E-state index in [9.17, 15) is 18.0 Å². The van der Waals surface area contributed by atoms with Crippen molar-refractivity contribution in [3.05, 3.63) is 65.4 Å². The minimum absolute atomic E-state index is 0.222. The standard InChI is InChI=1S/C27H31F3N4O2.C2H6/c1-18-19(6-5-7-22(18)27(28,29)30)17-32-24-10-11-31-23-9-8-20(16-21(23)24)33-12-14-34(15-13-33)25(35)36-26(2,3)4;1-2/h5-11,16H,12-15,17H2,1-4H3,(H,31,32);1-2H3. The van der Waals surface area contributed by atoms with Crippen LogP contribution in [0.5, 0.6) is 0 Å². The van der Waals surface area contributed by atoms with E-state index in [0.29, 0.717) is 31.7 Å². The van der Waals surface area contributed by atoms with Gasteiger partial charge in [0.25, 0.3) is 0 Å². The van der Waals surface area contributed by atoms with E-state index < -0.39 is 17.3 Å². The van der Waals surface area contributed by atoms with Crippen molar-refractivity contribution in [2.24, 2.45) is 0 Å². The van der Waals surface area contributed by atoms with Gasteiger partial charge in [-0.25, -0.2) is 4.79 Å². The highest BCUT2D eigenvalue weighted by molar-refractivity contribution is 5.93. The van der Waals surface area contributed by atoms with Crippen LogP contribution < -0.4 is 10.2 Å². The quantitative estimate of drug-likeness (QED) is 0.385. The van der Waals surface area contributed by atoms with Gasteiger partial charge in [-0.2, -0.15) is 13.2 Å².